The van der Waals surface area contributed by atoms with Crippen LogP contribution in [-0.4, -0.2) is 47.8 Å². The van der Waals surface area contributed by atoms with Gasteiger partial charge in [-0.2, -0.15) is 0 Å². The van der Waals surface area contributed by atoms with Crippen LogP contribution in [0.2, 0.25) is 0 Å². The average Bonchev–Trinajstić information content (AvgIpc) is 3.02. The van der Waals surface area contributed by atoms with Gasteiger partial charge in [-0.15, -0.1) is 0 Å². The second-order valence-electron chi connectivity index (χ2n) is 6.60. The molecule has 132 valence electrons. The largest absolute Gasteiger partial charge is 0.393 e. The molecule has 2 fully saturated rings. The van der Waals surface area contributed by atoms with Gasteiger partial charge in [-0.1, -0.05) is 18.6 Å². The zero-order chi connectivity index (χ0) is 17.1. The molecule has 2 aliphatic rings. The van der Waals surface area contributed by atoms with Gasteiger partial charge in [0.05, 0.1) is 25.4 Å². The van der Waals surface area contributed by atoms with Crippen LogP contribution in [0.5, 0.6) is 0 Å². The van der Waals surface area contributed by atoms with Gasteiger partial charge < -0.3 is 14.7 Å². The standard InChI is InChI=1S/C18H23F2NO3/c19-14-5-1-3-12(18(14)20)7-8-17(23)21-9-10-24-11-15(21)13-4-2-6-16(13)22/h1,3,5,13,15-16,22H,2,4,6-11H2. The third-order valence-electron chi connectivity index (χ3n) is 5.15. The quantitative estimate of drug-likeness (QED) is 0.916. The number of rotatable bonds is 4. The van der Waals surface area contributed by atoms with E-state index >= 15 is 0 Å². The second-order valence-corrected chi connectivity index (χ2v) is 6.60. The molecule has 0 aromatic heterocycles. The summed E-state index contributed by atoms with van der Waals surface area (Å²) in [5.41, 5.74) is 0.217. The van der Waals surface area contributed by atoms with Gasteiger partial charge in [0.1, 0.15) is 0 Å². The minimum Gasteiger partial charge on any atom is -0.393 e. The molecule has 0 bridgehead atoms. The van der Waals surface area contributed by atoms with Gasteiger partial charge in [0.15, 0.2) is 11.6 Å². The summed E-state index contributed by atoms with van der Waals surface area (Å²) in [7, 11) is 0. The average molecular weight is 339 g/mol. The number of hydrogen-bond acceptors (Lipinski definition) is 3. The summed E-state index contributed by atoms with van der Waals surface area (Å²) in [5, 5.41) is 10.1. The van der Waals surface area contributed by atoms with Crippen LogP contribution in [0.3, 0.4) is 0 Å². The number of nitrogens with zero attached hydrogens (tertiary/aromatic N) is 1. The van der Waals surface area contributed by atoms with Crippen molar-refractivity contribution in [3.63, 3.8) is 0 Å². The number of hydrogen-bond donors (Lipinski definition) is 1. The van der Waals surface area contributed by atoms with E-state index in [9.17, 15) is 18.7 Å². The van der Waals surface area contributed by atoms with E-state index in [-0.39, 0.29) is 36.3 Å². The minimum absolute atomic E-state index is 0.0418. The van der Waals surface area contributed by atoms with Crippen molar-refractivity contribution in [2.75, 3.05) is 19.8 Å². The Bertz CT molecular complexity index is 596. The summed E-state index contributed by atoms with van der Waals surface area (Å²) >= 11 is 0. The topological polar surface area (TPSA) is 49.8 Å². The van der Waals surface area contributed by atoms with E-state index in [2.05, 4.69) is 0 Å². The van der Waals surface area contributed by atoms with Crippen LogP contribution in [0, 0.1) is 17.6 Å². The Hall–Kier alpha value is -1.53. The van der Waals surface area contributed by atoms with E-state index in [1.807, 2.05) is 0 Å². The number of amides is 1. The third kappa shape index (κ3) is 3.59. The summed E-state index contributed by atoms with van der Waals surface area (Å²) in [6.07, 6.45) is 2.50. The van der Waals surface area contributed by atoms with E-state index in [0.717, 1.165) is 25.3 Å². The monoisotopic (exact) mass is 339 g/mol. The molecule has 1 aromatic carbocycles. The third-order valence-corrected chi connectivity index (χ3v) is 5.15. The molecular weight excluding hydrogens is 316 g/mol. The van der Waals surface area contributed by atoms with Gasteiger partial charge in [-0.05, 0) is 30.9 Å². The zero-order valence-corrected chi connectivity index (χ0v) is 13.6. The number of halogens is 2. The van der Waals surface area contributed by atoms with Crippen LogP contribution in [0.4, 0.5) is 8.78 Å². The number of ether oxygens (including phenoxy) is 1. The van der Waals surface area contributed by atoms with Crippen molar-refractivity contribution >= 4 is 5.91 Å². The van der Waals surface area contributed by atoms with Crippen molar-refractivity contribution in [1.82, 2.24) is 4.90 Å². The molecule has 1 aromatic rings. The van der Waals surface area contributed by atoms with Crippen LogP contribution in [-0.2, 0) is 16.0 Å². The summed E-state index contributed by atoms with van der Waals surface area (Å²) < 4.78 is 32.5. The number of morpholine rings is 1. The number of benzene rings is 1. The molecule has 3 rings (SSSR count). The molecule has 0 radical (unpaired) electrons. The molecule has 1 aliphatic heterocycles. The minimum atomic E-state index is -0.890. The predicted octanol–water partition coefficient (Wildman–Crippen LogP) is 2.29. The van der Waals surface area contributed by atoms with Crippen LogP contribution >= 0.6 is 0 Å². The lowest BCUT2D eigenvalue weighted by Gasteiger charge is -2.40. The first-order valence-corrected chi connectivity index (χ1v) is 8.56. The maximum atomic E-state index is 13.7. The van der Waals surface area contributed by atoms with E-state index < -0.39 is 17.7 Å². The van der Waals surface area contributed by atoms with Crippen molar-refractivity contribution < 1.29 is 23.4 Å². The Morgan fingerprint density at radius 2 is 2.17 bits per heavy atom. The zero-order valence-electron chi connectivity index (χ0n) is 13.6. The molecule has 3 atom stereocenters. The van der Waals surface area contributed by atoms with Gasteiger partial charge in [0.2, 0.25) is 5.91 Å². The fraction of sp³-hybridized carbons (Fsp3) is 0.611. The summed E-state index contributed by atoms with van der Waals surface area (Å²) in [6.45, 7) is 1.39. The number of aliphatic hydroxyl groups is 1. The highest BCUT2D eigenvalue weighted by molar-refractivity contribution is 5.77. The van der Waals surface area contributed by atoms with E-state index in [4.69, 9.17) is 4.74 Å². The van der Waals surface area contributed by atoms with Crippen molar-refractivity contribution in [3.05, 3.63) is 35.4 Å². The first-order chi connectivity index (χ1) is 11.6. The Kier molecular flexibility index (Phi) is 5.46. The Morgan fingerprint density at radius 1 is 1.33 bits per heavy atom. The summed E-state index contributed by atoms with van der Waals surface area (Å²) in [5.74, 6) is -1.82. The lowest BCUT2D eigenvalue weighted by atomic mass is 9.93. The second kappa shape index (κ2) is 7.57. The van der Waals surface area contributed by atoms with Crippen molar-refractivity contribution in [1.29, 1.82) is 0 Å². The van der Waals surface area contributed by atoms with Crippen LogP contribution < -0.4 is 0 Å². The number of carbonyl (C=O) groups is 1. The van der Waals surface area contributed by atoms with Crippen molar-refractivity contribution in [2.45, 2.75) is 44.2 Å². The van der Waals surface area contributed by atoms with E-state index in [0.29, 0.717) is 19.8 Å². The van der Waals surface area contributed by atoms with E-state index in [1.54, 1.807) is 4.90 Å². The molecule has 3 unspecified atom stereocenters. The smallest absolute Gasteiger partial charge is 0.223 e. The van der Waals surface area contributed by atoms with Crippen molar-refractivity contribution in [2.24, 2.45) is 5.92 Å². The molecule has 1 heterocycles. The fourth-order valence-corrected chi connectivity index (χ4v) is 3.83. The Labute approximate surface area is 140 Å². The first kappa shape index (κ1) is 17.3. The maximum absolute atomic E-state index is 13.7. The molecule has 1 amide bonds. The molecule has 1 saturated carbocycles. The highest BCUT2D eigenvalue weighted by Gasteiger charge is 2.39. The number of aliphatic hydroxyl groups excluding tert-OH is 1. The van der Waals surface area contributed by atoms with Gasteiger partial charge in [-0.25, -0.2) is 8.78 Å². The molecule has 1 saturated heterocycles. The van der Waals surface area contributed by atoms with Crippen LogP contribution in [0.25, 0.3) is 0 Å². The maximum Gasteiger partial charge on any atom is 0.223 e. The van der Waals surface area contributed by atoms with E-state index in [1.165, 1.54) is 12.1 Å². The van der Waals surface area contributed by atoms with Crippen LogP contribution in [0.1, 0.15) is 31.2 Å². The first-order valence-electron chi connectivity index (χ1n) is 8.56. The Balaban J connectivity index is 1.65. The van der Waals surface area contributed by atoms with Gasteiger partial charge >= 0.3 is 0 Å². The van der Waals surface area contributed by atoms with Gasteiger partial charge in [0.25, 0.3) is 0 Å². The Morgan fingerprint density at radius 3 is 2.92 bits per heavy atom. The number of carbonyl (C=O) groups excluding carboxylic acids is 1. The predicted molar refractivity (Wildman–Crippen MR) is 84.3 cm³/mol. The summed E-state index contributed by atoms with van der Waals surface area (Å²) in [6, 6.07) is 3.90. The van der Waals surface area contributed by atoms with Gasteiger partial charge in [-0.3, -0.25) is 4.79 Å². The normalized spacial score (nSPS) is 27.5. The van der Waals surface area contributed by atoms with Gasteiger partial charge in [0, 0.05) is 18.9 Å². The lowest BCUT2D eigenvalue weighted by Crippen LogP contribution is -2.53. The highest BCUT2D eigenvalue weighted by atomic mass is 19.2. The number of aryl methyl sites for hydroxylation is 1. The highest BCUT2D eigenvalue weighted by Crippen LogP contribution is 2.32. The fourth-order valence-electron chi connectivity index (χ4n) is 3.83. The lowest BCUT2D eigenvalue weighted by molar-refractivity contribution is -0.143. The molecule has 6 heteroatoms. The summed E-state index contributed by atoms with van der Waals surface area (Å²) in [4.78, 5) is 14.4. The molecule has 1 N–H and O–H groups in total. The molecule has 1 aliphatic carbocycles. The molecule has 4 nitrogen and oxygen atoms in total. The van der Waals surface area contributed by atoms with Crippen LogP contribution in [0.15, 0.2) is 18.2 Å². The SMILES string of the molecule is O=C(CCc1cccc(F)c1F)N1CCOCC1C1CCCC1O. The molecule has 24 heavy (non-hydrogen) atoms. The van der Waals surface area contributed by atoms with Crippen molar-refractivity contribution in [3.8, 4) is 0 Å². The molecular formula is C18H23F2NO3. The molecule has 0 spiro atoms.